The van der Waals surface area contributed by atoms with Gasteiger partial charge in [0.2, 0.25) is 0 Å². The van der Waals surface area contributed by atoms with E-state index in [0.717, 1.165) is 55.0 Å². The highest BCUT2D eigenvalue weighted by molar-refractivity contribution is 5.84. The highest BCUT2D eigenvalue weighted by Crippen LogP contribution is 2.35. The summed E-state index contributed by atoms with van der Waals surface area (Å²) in [7, 11) is 1.70. The Bertz CT molecular complexity index is 918. The first-order valence-electron chi connectivity index (χ1n) is 10.2. The van der Waals surface area contributed by atoms with Gasteiger partial charge in [-0.1, -0.05) is 19.8 Å². The van der Waals surface area contributed by atoms with Crippen molar-refractivity contribution in [2.45, 2.75) is 51.6 Å². The van der Waals surface area contributed by atoms with Crippen LogP contribution in [-0.2, 0) is 6.54 Å². The molecule has 2 aromatic heterocycles. The molecule has 148 valence electrons. The molecule has 0 amide bonds. The molecular formula is C21H28N6O. The summed E-state index contributed by atoms with van der Waals surface area (Å²) in [5, 5.41) is 13.9. The standard InChI is InChI=1S/C21H28N6O/c1-3-4-14-27-21(23-24-25-27)20(26-12-6-5-7-13-26)17-10-11-22-19-9-8-16(28-2)15-18(17)19/h8-11,15,20H,3-7,12-14H2,1-2H3. The second kappa shape index (κ2) is 8.65. The van der Waals surface area contributed by atoms with Crippen molar-refractivity contribution in [3.05, 3.63) is 41.9 Å². The molecule has 1 unspecified atom stereocenters. The smallest absolute Gasteiger partial charge is 0.173 e. The summed E-state index contributed by atoms with van der Waals surface area (Å²) in [4.78, 5) is 7.09. The molecule has 0 spiro atoms. The lowest BCUT2D eigenvalue weighted by Gasteiger charge is -2.34. The second-order valence-corrected chi connectivity index (χ2v) is 7.40. The monoisotopic (exact) mass is 380 g/mol. The van der Waals surface area contributed by atoms with Crippen molar-refractivity contribution in [3.8, 4) is 5.75 Å². The zero-order valence-electron chi connectivity index (χ0n) is 16.7. The van der Waals surface area contributed by atoms with Gasteiger partial charge < -0.3 is 4.74 Å². The number of tetrazole rings is 1. The molecule has 0 saturated carbocycles. The number of likely N-dealkylation sites (tertiary alicyclic amines) is 1. The van der Waals surface area contributed by atoms with Crippen molar-refractivity contribution in [2.75, 3.05) is 20.2 Å². The van der Waals surface area contributed by atoms with Crippen LogP contribution >= 0.6 is 0 Å². The number of unbranched alkanes of at least 4 members (excludes halogenated alkanes) is 1. The summed E-state index contributed by atoms with van der Waals surface area (Å²) in [5.41, 5.74) is 2.16. The molecule has 1 atom stereocenters. The molecule has 7 heteroatoms. The summed E-state index contributed by atoms with van der Waals surface area (Å²) < 4.78 is 7.46. The molecule has 1 aliphatic rings. The van der Waals surface area contributed by atoms with Gasteiger partial charge in [-0.2, -0.15) is 0 Å². The number of benzene rings is 1. The second-order valence-electron chi connectivity index (χ2n) is 7.40. The first kappa shape index (κ1) is 18.8. The minimum Gasteiger partial charge on any atom is -0.497 e. The predicted octanol–water partition coefficient (Wildman–Crippen LogP) is 3.61. The lowest BCUT2D eigenvalue weighted by molar-refractivity contribution is 0.178. The van der Waals surface area contributed by atoms with Gasteiger partial charge in [0.1, 0.15) is 5.75 Å². The number of hydrogen-bond acceptors (Lipinski definition) is 6. The molecule has 0 bridgehead atoms. The summed E-state index contributed by atoms with van der Waals surface area (Å²) in [5.74, 6) is 1.76. The Balaban J connectivity index is 1.84. The zero-order valence-corrected chi connectivity index (χ0v) is 16.7. The lowest BCUT2D eigenvalue weighted by Crippen LogP contribution is -2.36. The third kappa shape index (κ3) is 3.71. The average molecular weight is 380 g/mol. The average Bonchev–Trinajstić information content (AvgIpc) is 3.21. The molecule has 0 aliphatic carbocycles. The molecule has 0 N–H and O–H groups in total. The van der Waals surface area contributed by atoms with Crippen molar-refractivity contribution in [2.24, 2.45) is 0 Å². The minimum absolute atomic E-state index is 0.0183. The molecular weight excluding hydrogens is 352 g/mol. The van der Waals surface area contributed by atoms with E-state index in [1.54, 1.807) is 7.11 Å². The third-order valence-electron chi connectivity index (χ3n) is 5.56. The maximum absolute atomic E-state index is 5.48. The number of pyridine rings is 1. The SMILES string of the molecule is CCCCn1nnnc1C(c1ccnc2ccc(OC)cc12)N1CCCCC1. The van der Waals surface area contributed by atoms with Gasteiger partial charge in [0.25, 0.3) is 0 Å². The van der Waals surface area contributed by atoms with E-state index in [2.05, 4.69) is 44.5 Å². The molecule has 4 rings (SSSR count). The van der Waals surface area contributed by atoms with Crippen molar-refractivity contribution >= 4 is 10.9 Å². The van der Waals surface area contributed by atoms with Gasteiger partial charge in [0.05, 0.1) is 18.7 Å². The van der Waals surface area contributed by atoms with Crippen LogP contribution in [0.3, 0.4) is 0 Å². The molecule has 28 heavy (non-hydrogen) atoms. The Kier molecular flexibility index (Phi) is 5.81. The van der Waals surface area contributed by atoms with Crippen molar-refractivity contribution in [1.82, 2.24) is 30.1 Å². The number of aromatic nitrogens is 5. The maximum atomic E-state index is 5.48. The number of rotatable bonds is 7. The van der Waals surface area contributed by atoms with Crippen molar-refractivity contribution in [1.29, 1.82) is 0 Å². The topological polar surface area (TPSA) is 69.0 Å². The number of nitrogens with zero attached hydrogens (tertiary/aromatic N) is 6. The molecule has 1 aromatic carbocycles. The van der Waals surface area contributed by atoms with E-state index in [0.29, 0.717) is 0 Å². The number of aryl methyl sites for hydroxylation is 1. The summed E-state index contributed by atoms with van der Waals surface area (Å²) in [6.07, 6.45) is 7.77. The fraction of sp³-hybridized carbons (Fsp3) is 0.524. The fourth-order valence-corrected chi connectivity index (χ4v) is 4.06. The highest BCUT2D eigenvalue weighted by Gasteiger charge is 2.30. The molecule has 1 aliphatic heterocycles. The van der Waals surface area contributed by atoms with Crippen LogP contribution in [0.25, 0.3) is 10.9 Å². The van der Waals surface area contributed by atoms with Gasteiger partial charge in [-0.3, -0.25) is 9.88 Å². The number of hydrogen-bond donors (Lipinski definition) is 0. The van der Waals surface area contributed by atoms with Crippen LogP contribution in [0, 0.1) is 0 Å². The number of methoxy groups -OCH3 is 1. The molecule has 0 radical (unpaired) electrons. The summed E-state index contributed by atoms with van der Waals surface area (Å²) in [6, 6.07) is 8.18. The van der Waals surface area contributed by atoms with E-state index in [-0.39, 0.29) is 6.04 Å². The van der Waals surface area contributed by atoms with E-state index >= 15 is 0 Å². The zero-order chi connectivity index (χ0) is 19.3. The molecule has 7 nitrogen and oxygen atoms in total. The number of fused-ring (bicyclic) bond motifs is 1. The van der Waals surface area contributed by atoms with E-state index in [1.165, 1.54) is 24.8 Å². The predicted molar refractivity (Wildman–Crippen MR) is 108 cm³/mol. The molecule has 1 fully saturated rings. The summed E-state index contributed by atoms with van der Waals surface area (Å²) in [6.45, 7) is 5.14. The molecule has 1 saturated heterocycles. The number of ether oxygens (including phenoxy) is 1. The number of piperidine rings is 1. The van der Waals surface area contributed by atoms with Crippen LogP contribution < -0.4 is 4.74 Å². The lowest BCUT2D eigenvalue weighted by atomic mass is 9.97. The Morgan fingerprint density at radius 2 is 2.00 bits per heavy atom. The van der Waals surface area contributed by atoms with Crippen LogP contribution in [0.4, 0.5) is 0 Å². The minimum atomic E-state index is 0.0183. The summed E-state index contributed by atoms with van der Waals surface area (Å²) >= 11 is 0. The van der Waals surface area contributed by atoms with Gasteiger partial charge in [0.15, 0.2) is 5.82 Å². The van der Waals surface area contributed by atoms with Crippen LogP contribution in [0.1, 0.15) is 56.5 Å². The fourth-order valence-electron chi connectivity index (χ4n) is 4.06. The van der Waals surface area contributed by atoms with E-state index in [1.807, 2.05) is 23.0 Å². The normalized spacial score (nSPS) is 16.4. The molecule has 3 aromatic rings. The highest BCUT2D eigenvalue weighted by atomic mass is 16.5. The first-order valence-corrected chi connectivity index (χ1v) is 10.2. The molecule has 3 heterocycles. The van der Waals surface area contributed by atoms with Crippen molar-refractivity contribution in [3.63, 3.8) is 0 Å². The van der Waals surface area contributed by atoms with Gasteiger partial charge >= 0.3 is 0 Å². The van der Waals surface area contributed by atoms with Gasteiger partial charge in [-0.15, -0.1) is 5.10 Å². The quantitative estimate of drug-likeness (QED) is 0.624. The Morgan fingerprint density at radius 1 is 1.14 bits per heavy atom. The van der Waals surface area contributed by atoms with Gasteiger partial charge in [-0.25, -0.2) is 4.68 Å². The van der Waals surface area contributed by atoms with E-state index in [9.17, 15) is 0 Å². The maximum Gasteiger partial charge on any atom is 0.173 e. The Hall–Kier alpha value is -2.54. The van der Waals surface area contributed by atoms with Crippen LogP contribution in [0.2, 0.25) is 0 Å². The Morgan fingerprint density at radius 3 is 2.79 bits per heavy atom. The largest absolute Gasteiger partial charge is 0.497 e. The van der Waals surface area contributed by atoms with E-state index in [4.69, 9.17) is 4.74 Å². The van der Waals surface area contributed by atoms with Gasteiger partial charge in [-0.05, 0) is 72.6 Å². The third-order valence-corrected chi connectivity index (χ3v) is 5.56. The van der Waals surface area contributed by atoms with Gasteiger partial charge in [0, 0.05) is 18.1 Å². The Labute approximate surface area is 165 Å². The first-order chi connectivity index (χ1) is 13.8. The van der Waals surface area contributed by atoms with Crippen LogP contribution in [0.15, 0.2) is 30.5 Å². The van der Waals surface area contributed by atoms with Crippen LogP contribution in [0.5, 0.6) is 5.75 Å². The van der Waals surface area contributed by atoms with E-state index < -0.39 is 0 Å². The van der Waals surface area contributed by atoms with Crippen LogP contribution in [-0.4, -0.2) is 50.3 Å². The van der Waals surface area contributed by atoms with Crippen molar-refractivity contribution < 1.29 is 4.74 Å².